The van der Waals surface area contributed by atoms with E-state index < -0.39 is 17.6 Å². The summed E-state index contributed by atoms with van der Waals surface area (Å²) in [6.07, 6.45) is -3.23. The highest BCUT2D eigenvalue weighted by atomic mass is 79.9. The van der Waals surface area contributed by atoms with Gasteiger partial charge in [-0.2, -0.15) is 13.2 Å². The average molecular weight is 384 g/mol. The zero-order valence-electron chi connectivity index (χ0n) is 10.3. The van der Waals surface area contributed by atoms with E-state index in [1.54, 1.807) is 6.07 Å². The molecule has 1 aromatic heterocycles. The molecule has 0 unspecified atom stereocenters. The summed E-state index contributed by atoms with van der Waals surface area (Å²) in [5.41, 5.74) is -0.552. The molecule has 0 saturated carbocycles. The van der Waals surface area contributed by atoms with Crippen molar-refractivity contribution in [1.82, 2.24) is 4.98 Å². The summed E-state index contributed by atoms with van der Waals surface area (Å²) in [6.45, 7) is 0.0568. The monoisotopic (exact) mass is 382 g/mol. The van der Waals surface area contributed by atoms with Crippen LogP contribution in [0.3, 0.4) is 0 Å². The first-order valence-electron chi connectivity index (χ1n) is 5.68. The lowest BCUT2D eigenvalue weighted by atomic mass is 10.1. The summed E-state index contributed by atoms with van der Waals surface area (Å²) in [6, 6.07) is 4.47. The van der Waals surface area contributed by atoms with Crippen LogP contribution in [0.1, 0.15) is 11.1 Å². The van der Waals surface area contributed by atoms with Crippen LogP contribution in [0.2, 0.25) is 5.15 Å². The first kappa shape index (κ1) is 16.0. The van der Waals surface area contributed by atoms with E-state index in [1.807, 2.05) is 0 Å². The number of nitrogens with one attached hydrogen (secondary N) is 1. The molecule has 0 amide bonds. The Morgan fingerprint density at radius 3 is 2.62 bits per heavy atom. The minimum absolute atomic E-state index is 0.0568. The number of hydrogen-bond donors (Lipinski definition) is 1. The summed E-state index contributed by atoms with van der Waals surface area (Å²) >= 11 is 9.07. The summed E-state index contributed by atoms with van der Waals surface area (Å²) in [5.74, 6) is -1.30. The number of anilines is 1. The van der Waals surface area contributed by atoms with E-state index in [4.69, 9.17) is 11.6 Å². The smallest absolute Gasteiger partial charge is 0.378 e. The second-order valence-corrected chi connectivity index (χ2v) is 5.43. The molecule has 8 heteroatoms. The molecular formula is C13H8BrClF4N2. The highest BCUT2D eigenvalue weighted by molar-refractivity contribution is 9.10. The fraction of sp³-hybridized carbons (Fsp3) is 0.154. The molecule has 0 aliphatic rings. The minimum atomic E-state index is -4.73. The first-order chi connectivity index (χ1) is 9.77. The Morgan fingerprint density at radius 1 is 1.24 bits per heavy atom. The van der Waals surface area contributed by atoms with Crippen LogP contribution in [0.4, 0.5) is 23.2 Å². The van der Waals surface area contributed by atoms with Crippen molar-refractivity contribution in [3.63, 3.8) is 0 Å². The van der Waals surface area contributed by atoms with Crippen LogP contribution >= 0.6 is 27.5 Å². The van der Waals surface area contributed by atoms with E-state index in [0.717, 1.165) is 12.1 Å². The maximum absolute atomic E-state index is 13.2. The lowest BCUT2D eigenvalue weighted by Crippen LogP contribution is -2.10. The molecule has 1 heterocycles. The van der Waals surface area contributed by atoms with Gasteiger partial charge in [-0.3, -0.25) is 0 Å². The predicted octanol–water partition coefficient (Wildman–Crippen LogP) is 5.27. The molecule has 1 aromatic carbocycles. The molecule has 112 valence electrons. The lowest BCUT2D eigenvalue weighted by Gasteiger charge is -2.12. The fourth-order valence-corrected chi connectivity index (χ4v) is 2.14. The normalized spacial score (nSPS) is 11.5. The molecule has 0 atom stereocenters. The van der Waals surface area contributed by atoms with Gasteiger partial charge in [0.2, 0.25) is 0 Å². The first-order valence-corrected chi connectivity index (χ1v) is 6.85. The number of hydrogen-bond acceptors (Lipinski definition) is 2. The number of rotatable bonds is 3. The van der Waals surface area contributed by atoms with Gasteiger partial charge in [-0.15, -0.1) is 0 Å². The molecule has 2 aromatic rings. The standard InChI is InChI=1S/C13H8BrClF4N2/c14-8-4-11(12(15)21-6-8)20-5-7-1-2-10(16)9(3-7)13(17,18)19/h1-4,6,20H,5H2. The molecule has 0 bridgehead atoms. The molecule has 0 aliphatic carbocycles. The van der Waals surface area contributed by atoms with Crippen molar-refractivity contribution in [2.75, 3.05) is 5.32 Å². The zero-order chi connectivity index (χ0) is 15.6. The van der Waals surface area contributed by atoms with Crippen LogP contribution in [-0.4, -0.2) is 4.98 Å². The highest BCUT2D eigenvalue weighted by Gasteiger charge is 2.34. The Hall–Kier alpha value is -1.34. The van der Waals surface area contributed by atoms with Crippen molar-refractivity contribution >= 4 is 33.2 Å². The fourth-order valence-electron chi connectivity index (χ4n) is 1.64. The molecule has 2 rings (SSSR count). The summed E-state index contributed by atoms with van der Waals surface area (Å²) in [7, 11) is 0. The van der Waals surface area contributed by atoms with E-state index >= 15 is 0 Å². The number of halogens is 6. The topological polar surface area (TPSA) is 24.9 Å². The third kappa shape index (κ3) is 4.07. The Kier molecular flexibility index (Phi) is 4.73. The van der Waals surface area contributed by atoms with Gasteiger partial charge < -0.3 is 5.32 Å². The molecule has 21 heavy (non-hydrogen) atoms. The summed E-state index contributed by atoms with van der Waals surface area (Å²) < 4.78 is 51.7. The van der Waals surface area contributed by atoms with Gasteiger partial charge in [-0.05, 0) is 39.7 Å². The Balaban J connectivity index is 2.19. The van der Waals surface area contributed by atoms with Gasteiger partial charge in [0.15, 0.2) is 5.15 Å². The molecule has 0 aliphatic heterocycles. The third-order valence-corrected chi connectivity index (χ3v) is 3.36. The highest BCUT2D eigenvalue weighted by Crippen LogP contribution is 2.32. The van der Waals surface area contributed by atoms with Crippen LogP contribution in [0, 0.1) is 5.82 Å². The van der Waals surface area contributed by atoms with Gasteiger partial charge in [-0.25, -0.2) is 9.37 Å². The summed E-state index contributed by atoms with van der Waals surface area (Å²) in [5, 5.41) is 3.05. The molecule has 2 nitrogen and oxygen atoms in total. The van der Waals surface area contributed by atoms with E-state index in [1.165, 1.54) is 12.3 Å². The van der Waals surface area contributed by atoms with Crippen LogP contribution in [-0.2, 0) is 12.7 Å². The number of benzene rings is 1. The second kappa shape index (κ2) is 6.19. The third-order valence-electron chi connectivity index (χ3n) is 2.62. The van der Waals surface area contributed by atoms with E-state index in [9.17, 15) is 17.6 Å². The second-order valence-electron chi connectivity index (χ2n) is 4.16. The van der Waals surface area contributed by atoms with Crippen LogP contribution < -0.4 is 5.32 Å². The molecule has 0 spiro atoms. The van der Waals surface area contributed by atoms with Gasteiger partial charge in [0, 0.05) is 17.2 Å². The summed E-state index contributed by atoms with van der Waals surface area (Å²) in [4.78, 5) is 3.88. The molecule has 0 fully saturated rings. The average Bonchev–Trinajstić information content (AvgIpc) is 2.40. The molecule has 0 saturated heterocycles. The van der Waals surface area contributed by atoms with Gasteiger partial charge in [0.25, 0.3) is 0 Å². The number of aromatic nitrogens is 1. The molecule has 0 radical (unpaired) electrons. The van der Waals surface area contributed by atoms with Crippen molar-refractivity contribution in [3.05, 3.63) is 57.0 Å². The van der Waals surface area contributed by atoms with Gasteiger partial charge in [0.1, 0.15) is 5.82 Å². The quantitative estimate of drug-likeness (QED) is 0.577. The molecular weight excluding hydrogens is 376 g/mol. The van der Waals surface area contributed by atoms with Crippen molar-refractivity contribution in [2.45, 2.75) is 12.7 Å². The Morgan fingerprint density at radius 2 is 1.95 bits per heavy atom. The Bertz CT molecular complexity index is 661. The van der Waals surface area contributed by atoms with Crippen LogP contribution in [0.25, 0.3) is 0 Å². The van der Waals surface area contributed by atoms with Crippen molar-refractivity contribution in [1.29, 1.82) is 0 Å². The zero-order valence-corrected chi connectivity index (χ0v) is 12.7. The Labute approximate surface area is 131 Å². The van der Waals surface area contributed by atoms with Crippen molar-refractivity contribution in [2.24, 2.45) is 0 Å². The van der Waals surface area contributed by atoms with Crippen molar-refractivity contribution in [3.8, 4) is 0 Å². The van der Waals surface area contributed by atoms with Crippen molar-refractivity contribution < 1.29 is 17.6 Å². The number of alkyl halides is 3. The molecule has 1 N–H and O–H groups in total. The van der Waals surface area contributed by atoms with Gasteiger partial charge in [-0.1, -0.05) is 17.7 Å². The van der Waals surface area contributed by atoms with Crippen LogP contribution in [0.5, 0.6) is 0 Å². The van der Waals surface area contributed by atoms with E-state index in [-0.39, 0.29) is 17.3 Å². The number of nitrogens with zero attached hydrogens (tertiary/aromatic N) is 1. The number of pyridine rings is 1. The van der Waals surface area contributed by atoms with Gasteiger partial charge >= 0.3 is 6.18 Å². The predicted molar refractivity (Wildman–Crippen MR) is 75.7 cm³/mol. The van der Waals surface area contributed by atoms with Gasteiger partial charge in [0.05, 0.1) is 11.3 Å². The maximum Gasteiger partial charge on any atom is 0.419 e. The minimum Gasteiger partial charge on any atom is -0.378 e. The lowest BCUT2D eigenvalue weighted by molar-refractivity contribution is -0.140. The largest absolute Gasteiger partial charge is 0.419 e. The van der Waals surface area contributed by atoms with Crippen LogP contribution in [0.15, 0.2) is 34.9 Å². The maximum atomic E-state index is 13.2. The van der Waals surface area contributed by atoms with E-state index in [2.05, 4.69) is 26.2 Å². The van der Waals surface area contributed by atoms with E-state index in [0.29, 0.717) is 10.2 Å². The SMILES string of the molecule is Fc1ccc(CNc2cc(Br)cnc2Cl)cc1C(F)(F)F.